The summed E-state index contributed by atoms with van der Waals surface area (Å²) in [4.78, 5) is 2.55. The van der Waals surface area contributed by atoms with Gasteiger partial charge in [-0.2, -0.15) is 0 Å². The topological polar surface area (TPSA) is 51.2 Å². The zero-order valence-electron chi connectivity index (χ0n) is 19.9. The molecule has 5 heteroatoms. The number of ether oxygens (including phenoxy) is 3. The van der Waals surface area contributed by atoms with E-state index in [0.29, 0.717) is 25.2 Å². The Hall–Kier alpha value is -2.08. The van der Waals surface area contributed by atoms with Crippen molar-refractivity contribution in [3.63, 3.8) is 0 Å². The highest BCUT2D eigenvalue weighted by atomic mass is 16.5. The number of rotatable bonds is 5. The molecule has 6 atom stereocenters. The summed E-state index contributed by atoms with van der Waals surface area (Å²) in [5.41, 5.74) is 3.72. The van der Waals surface area contributed by atoms with Crippen LogP contribution in [-0.4, -0.2) is 55.6 Å². The summed E-state index contributed by atoms with van der Waals surface area (Å²) < 4.78 is 19.2. The lowest BCUT2D eigenvalue weighted by Gasteiger charge is -2.56. The molecule has 6 rings (SSSR count). The summed E-state index contributed by atoms with van der Waals surface area (Å²) in [5, 5.41) is 10.7. The lowest BCUT2D eigenvalue weighted by Crippen LogP contribution is -2.63. The molecule has 2 bridgehead atoms. The van der Waals surface area contributed by atoms with Crippen LogP contribution in [0.15, 0.2) is 42.5 Å². The normalized spacial score (nSPS) is 36.7. The Bertz CT molecular complexity index is 1040. The number of hydrogen-bond acceptors (Lipinski definition) is 5. The fraction of sp³-hybridized carbons (Fsp3) is 0.571. The average Bonchev–Trinajstić information content (AvgIpc) is 3.10. The van der Waals surface area contributed by atoms with E-state index < -0.39 is 0 Å². The van der Waals surface area contributed by atoms with Gasteiger partial charge in [0.25, 0.3) is 0 Å². The van der Waals surface area contributed by atoms with Crippen molar-refractivity contribution in [3.05, 3.63) is 59.2 Å². The molecule has 1 N–H and O–H groups in total. The molecule has 5 nitrogen and oxygen atoms in total. The molecule has 33 heavy (non-hydrogen) atoms. The zero-order chi connectivity index (χ0) is 22.8. The van der Waals surface area contributed by atoms with Crippen molar-refractivity contribution in [1.29, 1.82) is 0 Å². The van der Waals surface area contributed by atoms with Crippen LogP contribution in [-0.2, 0) is 27.9 Å². The minimum atomic E-state index is -0.100. The summed E-state index contributed by atoms with van der Waals surface area (Å²) in [6.07, 6.45) is 3.91. The number of hydrogen-bond donors (Lipinski definition) is 1. The van der Waals surface area contributed by atoms with Crippen molar-refractivity contribution in [2.24, 2.45) is 11.3 Å². The third-order valence-electron chi connectivity index (χ3n) is 9.05. The first-order valence-corrected chi connectivity index (χ1v) is 12.3. The SMILES string of the molecule is COC1C[C@](C)(COCc2ccccc2)CC2[C@H]3Cc4ccc(O)c5c4[C@@]2(CCN3C)[C@H]1O5. The number of likely N-dealkylation sites (tertiary alicyclic amines) is 1. The van der Waals surface area contributed by atoms with Crippen LogP contribution in [0.25, 0.3) is 0 Å². The molecule has 2 aliphatic carbocycles. The Labute approximate surface area is 196 Å². The van der Waals surface area contributed by atoms with Gasteiger partial charge in [-0.25, -0.2) is 0 Å². The van der Waals surface area contributed by atoms with E-state index in [-0.39, 0.29) is 28.8 Å². The molecule has 0 amide bonds. The van der Waals surface area contributed by atoms with Gasteiger partial charge in [0.1, 0.15) is 6.10 Å². The van der Waals surface area contributed by atoms with Crippen LogP contribution in [0.2, 0.25) is 0 Å². The fourth-order valence-corrected chi connectivity index (χ4v) is 7.58. The average molecular weight is 450 g/mol. The quantitative estimate of drug-likeness (QED) is 0.738. The molecule has 176 valence electrons. The smallest absolute Gasteiger partial charge is 0.165 e. The molecular weight excluding hydrogens is 414 g/mol. The minimum absolute atomic E-state index is 0.00819. The Morgan fingerprint density at radius 1 is 1.15 bits per heavy atom. The fourth-order valence-electron chi connectivity index (χ4n) is 7.58. The van der Waals surface area contributed by atoms with Crippen LogP contribution in [0.5, 0.6) is 11.5 Å². The van der Waals surface area contributed by atoms with Crippen LogP contribution in [0.4, 0.5) is 0 Å². The van der Waals surface area contributed by atoms with Crippen LogP contribution >= 0.6 is 0 Å². The summed E-state index contributed by atoms with van der Waals surface area (Å²) in [7, 11) is 4.09. The van der Waals surface area contributed by atoms with E-state index in [0.717, 1.165) is 38.0 Å². The first-order valence-electron chi connectivity index (χ1n) is 12.3. The standard InChI is InChI=1S/C28H35NO4/c1-27(17-32-16-18-7-5-4-6-8-18)14-20-21-13-19-9-10-22(30)25-24(19)28(20,11-12-29(21)2)26(33-25)23(15-27)31-3/h4-10,20-21,23,26,30H,11-17H2,1-3H3/t20?,21-,23?,26+,27-,28+/m1/s1. The van der Waals surface area contributed by atoms with Gasteiger partial charge < -0.3 is 24.2 Å². The Balaban J connectivity index is 1.38. The van der Waals surface area contributed by atoms with Gasteiger partial charge in [0, 0.05) is 24.1 Å². The van der Waals surface area contributed by atoms with Crippen LogP contribution in [0.1, 0.15) is 42.9 Å². The van der Waals surface area contributed by atoms with Gasteiger partial charge in [-0.05, 0) is 67.8 Å². The molecule has 1 saturated carbocycles. The maximum Gasteiger partial charge on any atom is 0.165 e. The third kappa shape index (κ3) is 3.16. The highest BCUT2D eigenvalue weighted by Crippen LogP contribution is 2.64. The van der Waals surface area contributed by atoms with E-state index in [1.807, 2.05) is 19.2 Å². The van der Waals surface area contributed by atoms with Gasteiger partial charge in [-0.15, -0.1) is 0 Å². The van der Waals surface area contributed by atoms with Gasteiger partial charge in [0.05, 0.1) is 19.3 Å². The first kappa shape index (κ1) is 21.5. The van der Waals surface area contributed by atoms with Gasteiger partial charge in [0.15, 0.2) is 11.5 Å². The number of phenolic OH excluding ortho intramolecular Hbond substituents is 1. The molecule has 2 aromatic carbocycles. The van der Waals surface area contributed by atoms with E-state index in [1.165, 1.54) is 16.7 Å². The number of likely N-dealkylation sites (N-methyl/N-ethyl adjacent to an activating group) is 1. The van der Waals surface area contributed by atoms with Gasteiger partial charge in [-0.3, -0.25) is 0 Å². The number of methoxy groups -OCH3 is 1. The van der Waals surface area contributed by atoms with E-state index in [2.05, 4.69) is 49.2 Å². The maximum absolute atomic E-state index is 10.7. The largest absolute Gasteiger partial charge is 0.504 e. The molecule has 2 aliphatic heterocycles. The molecule has 1 spiro atoms. The van der Waals surface area contributed by atoms with Crippen LogP contribution in [0.3, 0.4) is 0 Å². The lowest BCUT2D eigenvalue weighted by molar-refractivity contribution is -0.0666. The van der Waals surface area contributed by atoms with E-state index >= 15 is 0 Å². The number of aromatic hydroxyl groups is 1. The van der Waals surface area contributed by atoms with Crippen LogP contribution < -0.4 is 4.74 Å². The second-order valence-corrected chi connectivity index (χ2v) is 11.1. The van der Waals surface area contributed by atoms with Gasteiger partial charge in [0.2, 0.25) is 0 Å². The molecule has 0 aromatic heterocycles. The van der Waals surface area contributed by atoms with Crippen molar-refractivity contribution >= 4 is 0 Å². The van der Waals surface area contributed by atoms with Crippen molar-refractivity contribution < 1.29 is 19.3 Å². The molecule has 2 heterocycles. The number of nitrogens with zero attached hydrogens (tertiary/aromatic N) is 1. The Morgan fingerprint density at radius 2 is 1.97 bits per heavy atom. The summed E-state index contributed by atoms with van der Waals surface area (Å²) in [5.74, 6) is 1.44. The summed E-state index contributed by atoms with van der Waals surface area (Å²) in [6.45, 7) is 4.76. The second-order valence-electron chi connectivity index (χ2n) is 11.1. The lowest BCUT2D eigenvalue weighted by atomic mass is 9.54. The van der Waals surface area contributed by atoms with Crippen molar-refractivity contribution in [2.75, 3.05) is 27.3 Å². The van der Waals surface area contributed by atoms with Gasteiger partial charge in [-0.1, -0.05) is 43.3 Å². The molecule has 4 aliphatic rings. The van der Waals surface area contributed by atoms with Crippen molar-refractivity contribution in [1.82, 2.24) is 4.90 Å². The van der Waals surface area contributed by atoms with Crippen molar-refractivity contribution in [2.45, 2.75) is 62.9 Å². The highest BCUT2D eigenvalue weighted by Gasteiger charge is 2.66. The maximum atomic E-state index is 10.7. The summed E-state index contributed by atoms with van der Waals surface area (Å²) in [6, 6.07) is 14.8. The highest BCUT2D eigenvalue weighted by molar-refractivity contribution is 5.60. The predicted octanol–water partition coefficient (Wildman–Crippen LogP) is 4.30. The van der Waals surface area contributed by atoms with Crippen molar-refractivity contribution in [3.8, 4) is 11.5 Å². The second kappa shape index (κ2) is 7.72. The predicted molar refractivity (Wildman–Crippen MR) is 127 cm³/mol. The summed E-state index contributed by atoms with van der Waals surface area (Å²) >= 11 is 0. The third-order valence-corrected chi connectivity index (χ3v) is 9.05. The molecular formula is C28H35NO4. The zero-order valence-corrected chi connectivity index (χ0v) is 19.9. The monoisotopic (exact) mass is 449 g/mol. The molecule has 2 unspecified atom stereocenters. The molecule has 2 fully saturated rings. The number of benzene rings is 2. The van der Waals surface area contributed by atoms with E-state index in [1.54, 1.807) is 0 Å². The first-order chi connectivity index (χ1) is 15.9. The molecule has 1 saturated heterocycles. The molecule has 2 aromatic rings. The van der Waals surface area contributed by atoms with Crippen LogP contribution in [0, 0.1) is 11.3 Å². The minimum Gasteiger partial charge on any atom is -0.504 e. The molecule has 0 radical (unpaired) electrons. The number of phenols is 1. The van der Waals surface area contributed by atoms with Gasteiger partial charge >= 0.3 is 0 Å². The van der Waals surface area contributed by atoms with E-state index in [9.17, 15) is 5.11 Å². The number of piperidine rings is 1. The van der Waals surface area contributed by atoms with E-state index in [4.69, 9.17) is 14.2 Å². The Morgan fingerprint density at radius 3 is 2.76 bits per heavy atom. The Kier molecular flexibility index (Phi) is 5.02.